The van der Waals surface area contributed by atoms with Crippen molar-refractivity contribution in [2.24, 2.45) is 5.92 Å². The van der Waals surface area contributed by atoms with Gasteiger partial charge in [-0.05, 0) is 31.0 Å². The summed E-state index contributed by atoms with van der Waals surface area (Å²) in [4.78, 5) is 14.1. The summed E-state index contributed by atoms with van der Waals surface area (Å²) in [6.45, 7) is 1.04. The van der Waals surface area contributed by atoms with Crippen molar-refractivity contribution >= 4 is 33.2 Å². The third kappa shape index (κ3) is 4.12. The number of hydrogen-bond acceptors (Lipinski definition) is 4. The molecular formula is C14H16ClN3O3S. The molecule has 1 fully saturated rings. The standard InChI is InChI=1S/C14H16ClN3O3S/c1-22(20,21)17-13-8-11(2-3-12(13)15)14(19)18-6-4-10(9-16)5-7-18/h2-3,8,10,17H,4-7H2,1H3. The monoisotopic (exact) mass is 341 g/mol. The number of piperidine rings is 1. The maximum absolute atomic E-state index is 12.4. The number of amides is 1. The molecule has 1 saturated heterocycles. The summed E-state index contributed by atoms with van der Waals surface area (Å²) in [7, 11) is -3.47. The third-order valence-corrected chi connectivity index (χ3v) is 4.39. The Kier molecular flexibility index (Phi) is 4.94. The van der Waals surface area contributed by atoms with Gasteiger partial charge in [0.1, 0.15) is 0 Å². The molecule has 0 unspecified atom stereocenters. The van der Waals surface area contributed by atoms with Crippen LogP contribution in [0.2, 0.25) is 5.02 Å². The first kappa shape index (κ1) is 16.6. The molecule has 1 aliphatic rings. The Morgan fingerprint density at radius 1 is 1.41 bits per heavy atom. The van der Waals surface area contributed by atoms with Crippen molar-refractivity contribution < 1.29 is 13.2 Å². The smallest absolute Gasteiger partial charge is 0.253 e. The first-order valence-corrected chi connectivity index (χ1v) is 9.03. The summed E-state index contributed by atoms with van der Waals surface area (Å²) in [5.41, 5.74) is 0.549. The molecule has 118 valence electrons. The minimum absolute atomic E-state index is 0.00303. The molecule has 2 rings (SSSR count). The summed E-state index contributed by atoms with van der Waals surface area (Å²) in [5.74, 6) is -0.193. The normalized spacial score (nSPS) is 16.1. The lowest BCUT2D eigenvalue weighted by atomic mass is 9.98. The van der Waals surface area contributed by atoms with E-state index in [1.807, 2.05) is 0 Å². The third-order valence-electron chi connectivity index (χ3n) is 3.47. The zero-order chi connectivity index (χ0) is 16.3. The van der Waals surface area contributed by atoms with Gasteiger partial charge in [0.2, 0.25) is 10.0 Å². The highest BCUT2D eigenvalue weighted by molar-refractivity contribution is 7.92. The Balaban J connectivity index is 2.17. The number of hydrogen-bond donors (Lipinski definition) is 1. The molecule has 1 aromatic carbocycles. The number of benzene rings is 1. The number of anilines is 1. The minimum Gasteiger partial charge on any atom is -0.339 e. The van der Waals surface area contributed by atoms with Crippen LogP contribution in [0, 0.1) is 17.2 Å². The summed E-state index contributed by atoms with van der Waals surface area (Å²) in [5, 5.41) is 9.10. The van der Waals surface area contributed by atoms with Gasteiger partial charge < -0.3 is 4.90 Å². The first-order chi connectivity index (χ1) is 10.3. The second kappa shape index (κ2) is 6.55. The highest BCUT2D eigenvalue weighted by Gasteiger charge is 2.24. The molecule has 1 heterocycles. The molecule has 8 heteroatoms. The minimum atomic E-state index is -3.47. The van der Waals surface area contributed by atoms with Crippen LogP contribution in [0.3, 0.4) is 0 Å². The van der Waals surface area contributed by atoms with E-state index >= 15 is 0 Å². The van der Waals surface area contributed by atoms with Gasteiger partial charge in [0, 0.05) is 24.6 Å². The maximum Gasteiger partial charge on any atom is 0.253 e. The van der Waals surface area contributed by atoms with Crippen molar-refractivity contribution in [1.82, 2.24) is 4.90 Å². The van der Waals surface area contributed by atoms with Gasteiger partial charge in [-0.1, -0.05) is 11.6 Å². The van der Waals surface area contributed by atoms with Crippen LogP contribution < -0.4 is 4.72 Å². The van der Waals surface area contributed by atoms with E-state index in [1.165, 1.54) is 12.1 Å². The van der Waals surface area contributed by atoms with Crippen LogP contribution in [-0.2, 0) is 10.0 Å². The highest BCUT2D eigenvalue weighted by atomic mass is 35.5. The molecule has 0 spiro atoms. The molecular weight excluding hydrogens is 326 g/mol. The van der Waals surface area contributed by atoms with Crippen LogP contribution in [0.15, 0.2) is 18.2 Å². The Hall–Kier alpha value is -1.78. The van der Waals surface area contributed by atoms with Crippen molar-refractivity contribution in [3.8, 4) is 6.07 Å². The Morgan fingerprint density at radius 2 is 2.05 bits per heavy atom. The lowest BCUT2D eigenvalue weighted by Crippen LogP contribution is -2.38. The van der Waals surface area contributed by atoms with Gasteiger partial charge in [0.25, 0.3) is 5.91 Å². The van der Waals surface area contributed by atoms with Gasteiger partial charge in [0.05, 0.1) is 23.0 Å². The van der Waals surface area contributed by atoms with Gasteiger partial charge >= 0.3 is 0 Å². The van der Waals surface area contributed by atoms with Crippen molar-refractivity contribution in [1.29, 1.82) is 5.26 Å². The number of rotatable bonds is 3. The SMILES string of the molecule is CS(=O)(=O)Nc1cc(C(=O)N2CCC(C#N)CC2)ccc1Cl. The van der Waals surface area contributed by atoms with Gasteiger partial charge in [-0.25, -0.2) is 8.42 Å². The Bertz CT molecular complexity index is 719. The molecule has 0 atom stereocenters. The van der Waals surface area contributed by atoms with Crippen LogP contribution in [0.4, 0.5) is 5.69 Å². The van der Waals surface area contributed by atoms with Crippen LogP contribution >= 0.6 is 11.6 Å². The number of nitrogens with zero attached hydrogens (tertiary/aromatic N) is 2. The molecule has 1 amide bonds. The second-order valence-corrected chi connectivity index (χ2v) is 7.42. The van der Waals surface area contributed by atoms with E-state index in [9.17, 15) is 13.2 Å². The molecule has 0 aliphatic carbocycles. The summed E-state index contributed by atoms with van der Waals surface area (Å²) < 4.78 is 24.9. The predicted octanol–water partition coefficient (Wildman–Crippen LogP) is 2.09. The van der Waals surface area contributed by atoms with E-state index in [0.717, 1.165) is 6.26 Å². The summed E-state index contributed by atoms with van der Waals surface area (Å²) in [6, 6.07) is 6.70. The van der Waals surface area contributed by atoms with E-state index in [1.54, 1.807) is 11.0 Å². The summed E-state index contributed by atoms with van der Waals surface area (Å²) in [6.07, 6.45) is 2.33. The van der Waals surface area contributed by atoms with Crippen molar-refractivity contribution in [2.45, 2.75) is 12.8 Å². The largest absolute Gasteiger partial charge is 0.339 e. The van der Waals surface area contributed by atoms with Crippen molar-refractivity contribution in [3.05, 3.63) is 28.8 Å². The molecule has 1 aromatic rings. The Labute approximate surface area is 134 Å². The maximum atomic E-state index is 12.4. The van der Waals surface area contributed by atoms with Crippen molar-refractivity contribution in [2.75, 3.05) is 24.1 Å². The van der Waals surface area contributed by atoms with Crippen molar-refractivity contribution in [3.63, 3.8) is 0 Å². The highest BCUT2D eigenvalue weighted by Crippen LogP contribution is 2.25. The number of nitrogens with one attached hydrogen (secondary N) is 1. The zero-order valence-corrected chi connectivity index (χ0v) is 13.6. The molecule has 6 nitrogen and oxygen atoms in total. The number of likely N-dealkylation sites (tertiary alicyclic amines) is 1. The molecule has 22 heavy (non-hydrogen) atoms. The number of carbonyl (C=O) groups is 1. The average Bonchev–Trinajstić information content (AvgIpc) is 2.47. The van der Waals surface area contributed by atoms with E-state index in [4.69, 9.17) is 16.9 Å². The fourth-order valence-electron chi connectivity index (χ4n) is 2.33. The second-order valence-electron chi connectivity index (χ2n) is 5.26. The van der Waals surface area contributed by atoms with E-state index in [-0.39, 0.29) is 22.5 Å². The van der Waals surface area contributed by atoms with Crippen LogP contribution in [0.25, 0.3) is 0 Å². The lowest BCUT2D eigenvalue weighted by molar-refractivity contribution is 0.0707. The van der Waals surface area contributed by atoms with Gasteiger partial charge in [-0.3, -0.25) is 9.52 Å². The summed E-state index contributed by atoms with van der Waals surface area (Å²) >= 11 is 5.94. The first-order valence-electron chi connectivity index (χ1n) is 6.76. The fourth-order valence-corrected chi connectivity index (χ4v) is 3.12. The predicted molar refractivity (Wildman–Crippen MR) is 84.2 cm³/mol. The van der Waals surface area contributed by atoms with Crippen LogP contribution in [0.5, 0.6) is 0 Å². The molecule has 0 aromatic heterocycles. The van der Waals surface area contributed by atoms with E-state index in [2.05, 4.69) is 10.8 Å². The Morgan fingerprint density at radius 3 is 2.59 bits per heavy atom. The van der Waals surface area contributed by atoms with Gasteiger partial charge in [-0.15, -0.1) is 0 Å². The molecule has 1 N–H and O–H groups in total. The van der Waals surface area contributed by atoms with Gasteiger partial charge in [0.15, 0.2) is 0 Å². The molecule has 0 saturated carbocycles. The molecule has 1 aliphatic heterocycles. The topological polar surface area (TPSA) is 90.3 Å². The fraction of sp³-hybridized carbons (Fsp3) is 0.429. The van der Waals surface area contributed by atoms with Crippen LogP contribution in [0.1, 0.15) is 23.2 Å². The van der Waals surface area contributed by atoms with Crippen LogP contribution in [-0.4, -0.2) is 38.6 Å². The van der Waals surface area contributed by atoms with E-state index < -0.39 is 10.0 Å². The quantitative estimate of drug-likeness (QED) is 0.911. The molecule has 0 bridgehead atoms. The number of sulfonamides is 1. The zero-order valence-electron chi connectivity index (χ0n) is 12.0. The number of halogens is 1. The number of nitriles is 1. The van der Waals surface area contributed by atoms with E-state index in [0.29, 0.717) is 31.5 Å². The van der Waals surface area contributed by atoms with Gasteiger partial charge in [-0.2, -0.15) is 5.26 Å². The average molecular weight is 342 g/mol. The number of carbonyl (C=O) groups excluding carboxylic acids is 1. The molecule has 0 radical (unpaired) electrons. The lowest BCUT2D eigenvalue weighted by Gasteiger charge is -2.29.